The minimum absolute atomic E-state index is 0.354. The molecule has 2 rings (SSSR count). The van der Waals surface area contributed by atoms with Crippen LogP contribution in [-0.4, -0.2) is 29.6 Å². The Balaban J connectivity index is 1.93. The molecule has 112 valence electrons. The number of rotatable bonds is 4. The summed E-state index contributed by atoms with van der Waals surface area (Å²) in [5, 5.41) is 10.5. The zero-order chi connectivity index (χ0) is 14.5. The Morgan fingerprint density at radius 2 is 2.00 bits per heavy atom. The van der Waals surface area contributed by atoms with Crippen LogP contribution in [0.5, 0.6) is 0 Å². The maximum Gasteiger partial charge on any atom is 0.0917 e. The normalized spacial score (nSPS) is 22.5. The van der Waals surface area contributed by atoms with E-state index in [2.05, 4.69) is 43.9 Å². The van der Waals surface area contributed by atoms with Gasteiger partial charge in [-0.15, -0.1) is 0 Å². The van der Waals surface area contributed by atoms with E-state index in [-0.39, 0.29) is 6.10 Å². The standard InChI is InChI=1S/C18H29NO/c1-4-16-6-5-10-19(11-9-16)13-18(20)17-8-7-14(2)15(3)12-17/h7-8,12,16,18,20H,4-6,9-11,13H2,1-3H3. The van der Waals surface area contributed by atoms with Crippen molar-refractivity contribution in [3.8, 4) is 0 Å². The third-order valence-electron chi connectivity index (χ3n) is 4.86. The molecule has 1 heterocycles. The van der Waals surface area contributed by atoms with E-state index < -0.39 is 0 Å². The zero-order valence-corrected chi connectivity index (χ0v) is 13.2. The van der Waals surface area contributed by atoms with Gasteiger partial charge in [-0.25, -0.2) is 0 Å². The van der Waals surface area contributed by atoms with Gasteiger partial charge in [-0.2, -0.15) is 0 Å². The SMILES string of the molecule is CCC1CCCN(CC(O)c2ccc(C)c(C)c2)CC1. The highest BCUT2D eigenvalue weighted by Crippen LogP contribution is 2.23. The van der Waals surface area contributed by atoms with Crippen LogP contribution in [0.3, 0.4) is 0 Å². The molecule has 2 heteroatoms. The van der Waals surface area contributed by atoms with Crippen molar-refractivity contribution in [2.75, 3.05) is 19.6 Å². The molecule has 1 saturated heterocycles. The second-order valence-electron chi connectivity index (χ2n) is 6.37. The zero-order valence-electron chi connectivity index (χ0n) is 13.2. The van der Waals surface area contributed by atoms with Gasteiger partial charge < -0.3 is 10.0 Å². The van der Waals surface area contributed by atoms with Crippen LogP contribution >= 0.6 is 0 Å². The molecular formula is C18H29NO. The summed E-state index contributed by atoms with van der Waals surface area (Å²) in [5.74, 6) is 0.888. The van der Waals surface area contributed by atoms with E-state index in [1.54, 1.807) is 0 Å². The molecule has 1 fully saturated rings. The molecule has 0 bridgehead atoms. The van der Waals surface area contributed by atoms with Crippen LogP contribution in [0.1, 0.15) is 55.4 Å². The molecule has 0 aliphatic carbocycles. The number of hydrogen-bond donors (Lipinski definition) is 1. The molecule has 2 unspecified atom stereocenters. The average molecular weight is 275 g/mol. The molecule has 1 aromatic carbocycles. The minimum Gasteiger partial charge on any atom is -0.387 e. The summed E-state index contributed by atoms with van der Waals surface area (Å²) >= 11 is 0. The van der Waals surface area contributed by atoms with Crippen molar-refractivity contribution in [1.29, 1.82) is 0 Å². The minimum atomic E-state index is -0.354. The number of benzene rings is 1. The molecule has 20 heavy (non-hydrogen) atoms. The number of aryl methyl sites for hydroxylation is 2. The fraction of sp³-hybridized carbons (Fsp3) is 0.667. The van der Waals surface area contributed by atoms with Crippen molar-refractivity contribution in [3.05, 3.63) is 34.9 Å². The first-order chi connectivity index (χ1) is 9.60. The fourth-order valence-electron chi connectivity index (χ4n) is 3.14. The highest BCUT2D eigenvalue weighted by atomic mass is 16.3. The summed E-state index contributed by atoms with van der Waals surface area (Å²) in [6.07, 6.45) is 4.86. The number of aliphatic hydroxyl groups is 1. The van der Waals surface area contributed by atoms with Crippen molar-refractivity contribution in [1.82, 2.24) is 4.90 Å². The molecular weight excluding hydrogens is 246 g/mol. The molecule has 2 nitrogen and oxygen atoms in total. The van der Waals surface area contributed by atoms with Crippen LogP contribution < -0.4 is 0 Å². The lowest BCUT2D eigenvalue weighted by Gasteiger charge is -2.24. The van der Waals surface area contributed by atoms with E-state index in [0.29, 0.717) is 0 Å². The summed E-state index contributed by atoms with van der Waals surface area (Å²) in [4.78, 5) is 2.44. The van der Waals surface area contributed by atoms with Gasteiger partial charge in [0.05, 0.1) is 6.10 Å². The Bertz CT molecular complexity index is 429. The molecule has 1 N–H and O–H groups in total. The Labute approximate surface area is 123 Å². The number of aliphatic hydroxyl groups excluding tert-OH is 1. The topological polar surface area (TPSA) is 23.5 Å². The van der Waals surface area contributed by atoms with Crippen molar-refractivity contribution in [3.63, 3.8) is 0 Å². The lowest BCUT2D eigenvalue weighted by atomic mass is 9.98. The van der Waals surface area contributed by atoms with E-state index in [1.807, 2.05) is 0 Å². The molecule has 2 atom stereocenters. The van der Waals surface area contributed by atoms with Crippen molar-refractivity contribution >= 4 is 0 Å². The van der Waals surface area contributed by atoms with Gasteiger partial charge in [0, 0.05) is 6.54 Å². The largest absolute Gasteiger partial charge is 0.387 e. The van der Waals surface area contributed by atoms with Gasteiger partial charge in [0.15, 0.2) is 0 Å². The van der Waals surface area contributed by atoms with E-state index in [1.165, 1.54) is 36.8 Å². The first-order valence-electron chi connectivity index (χ1n) is 8.07. The van der Waals surface area contributed by atoms with Crippen LogP contribution in [-0.2, 0) is 0 Å². The summed E-state index contributed by atoms with van der Waals surface area (Å²) in [7, 11) is 0. The Morgan fingerprint density at radius 3 is 2.70 bits per heavy atom. The van der Waals surface area contributed by atoms with Gasteiger partial charge in [-0.1, -0.05) is 31.5 Å². The van der Waals surface area contributed by atoms with Crippen LogP contribution in [0.4, 0.5) is 0 Å². The number of hydrogen-bond acceptors (Lipinski definition) is 2. The summed E-state index contributed by atoms with van der Waals surface area (Å²) < 4.78 is 0. The molecule has 0 radical (unpaired) electrons. The van der Waals surface area contributed by atoms with Crippen molar-refractivity contribution in [2.24, 2.45) is 5.92 Å². The van der Waals surface area contributed by atoms with Gasteiger partial charge in [0.1, 0.15) is 0 Å². The highest BCUT2D eigenvalue weighted by Gasteiger charge is 2.18. The van der Waals surface area contributed by atoms with E-state index in [9.17, 15) is 5.11 Å². The summed E-state index contributed by atoms with van der Waals surface area (Å²) in [6.45, 7) is 9.58. The van der Waals surface area contributed by atoms with Crippen molar-refractivity contribution < 1.29 is 5.11 Å². The molecule has 0 amide bonds. The van der Waals surface area contributed by atoms with Gasteiger partial charge in [-0.3, -0.25) is 0 Å². The number of β-amino-alcohol motifs (C(OH)–C–C–N with tert-alkyl or cyclic N) is 1. The van der Waals surface area contributed by atoms with Gasteiger partial charge in [-0.05, 0) is 68.8 Å². The second-order valence-corrected chi connectivity index (χ2v) is 6.37. The van der Waals surface area contributed by atoms with E-state index in [0.717, 1.165) is 31.1 Å². The van der Waals surface area contributed by atoms with Gasteiger partial charge in [0.2, 0.25) is 0 Å². The molecule has 0 aromatic heterocycles. The van der Waals surface area contributed by atoms with Crippen molar-refractivity contribution in [2.45, 2.75) is 52.6 Å². The van der Waals surface area contributed by atoms with Crippen LogP contribution in [0, 0.1) is 19.8 Å². The third kappa shape index (κ3) is 4.07. The summed E-state index contributed by atoms with van der Waals surface area (Å²) in [6, 6.07) is 6.32. The maximum absolute atomic E-state index is 10.5. The Morgan fingerprint density at radius 1 is 1.20 bits per heavy atom. The maximum atomic E-state index is 10.5. The van der Waals surface area contributed by atoms with Crippen LogP contribution in [0.15, 0.2) is 18.2 Å². The van der Waals surface area contributed by atoms with E-state index in [4.69, 9.17) is 0 Å². The molecule has 0 spiro atoms. The predicted octanol–water partition coefficient (Wildman–Crippen LogP) is 3.85. The Hall–Kier alpha value is -0.860. The molecule has 1 aliphatic rings. The average Bonchev–Trinajstić information content (AvgIpc) is 2.67. The van der Waals surface area contributed by atoms with Crippen LogP contribution in [0.25, 0.3) is 0 Å². The fourth-order valence-corrected chi connectivity index (χ4v) is 3.14. The predicted molar refractivity (Wildman–Crippen MR) is 84.9 cm³/mol. The lowest BCUT2D eigenvalue weighted by molar-refractivity contribution is 0.114. The smallest absolute Gasteiger partial charge is 0.0917 e. The van der Waals surface area contributed by atoms with E-state index >= 15 is 0 Å². The highest BCUT2D eigenvalue weighted by molar-refractivity contribution is 5.31. The second kappa shape index (κ2) is 7.24. The van der Waals surface area contributed by atoms with Gasteiger partial charge >= 0.3 is 0 Å². The lowest BCUT2D eigenvalue weighted by Crippen LogP contribution is -2.29. The molecule has 0 saturated carbocycles. The quantitative estimate of drug-likeness (QED) is 0.902. The number of likely N-dealkylation sites (tertiary alicyclic amines) is 1. The van der Waals surface area contributed by atoms with Gasteiger partial charge in [0.25, 0.3) is 0 Å². The first kappa shape index (κ1) is 15.5. The monoisotopic (exact) mass is 275 g/mol. The Kier molecular flexibility index (Phi) is 5.62. The molecule has 1 aliphatic heterocycles. The summed E-state index contributed by atoms with van der Waals surface area (Å²) in [5.41, 5.74) is 3.62. The number of nitrogens with zero attached hydrogens (tertiary/aromatic N) is 1. The van der Waals surface area contributed by atoms with Crippen LogP contribution in [0.2, 0.25) is 0 Å². The third-order valence-corrected chi connectivity index (χ3v) is 4.86. The first-order valence-corrected chi connectivity index (χ1v) is 8.07. The molecule has 1 aromatic rings.